The first-order valence-electron chi connectivity index (χ1n) is 13.9. The lowest BCUT2D eigenvalue weighted by Gasteiger charge is -2.55. The predicted molar refractivity (Wildman–Crippen MR) is 132 cm³/mol. The van der Waals surface area contributed by atoms with Crippen LogP contribution in [0.5, 0.6) is 0 Å². The van der Waals surface area contributed by atoms with E-state index < -0.39 is 5.79 Å². The zero-order chi connectivity index (χ0) is 24.3. The minimum absolute atomic E-state index is 0.118. The van der Waals surface area contributed by atoms with Gasteiger partial charge in [-0.1, -0.05) is 34.6 Å². The van der Waals surface area contributed by atoms with Crippen molar-refractivity contribution in [2.75, 3.05) is 66.1 Å². The van der Waals surface area contributed by atoms with E-state index in [1.54, 1.807) is 0 Å². The zero-order valence-corrected chi connectivity index (χ0v) is 22.5. The van der Waals surface area contributed by atoms with Gasteiger partial charge in [-0.25, -0.2) is 0 Å². The Labute approximate surface area is 207 Å². The van der Waals surface area contributed by atoms with Crippen LogP contribution in [0.25, 0.3) is 0 Å². The van der Waals surface area contributed by atoms with Gasteiger partial charge in [0.25, 0.3) is 0 Å². The molecular formula is C28H50O6. The third kappa shape index (κ3) is 5.10. The van der Waals surface area contributed by atoms with E-state index >= 15 is 0 Å². The van der Waals surface area contributed by atoms with Crippen LogP contribution in [0, 0.1) is 27.6 Å². The largest absolute Gasteiger partial charge is 0.380 e. The van der Waals surface area contributed by atoms with Crippen molar-refractivity contribution in [3.63, 3.8) is 0 Å². The fourth-order valence-electron chi connectivity index (χ4n) is 5.97. The minimum Gasteiger partial charge on any atom is -0.380 e. The van der Waals surface area contributed by atoms with Crippen LogP contribution in [0.15, 0.2) is 0 Å². The van der Waals surface area contributed by atoms with E-state index in [0.29, 0.717) is 19.1 Å². The van der Waals surface area contributed by atoms with Gasteiger partial charge in [0.15, 0.2) is 5.79 Å². The van der Waals surface area contributed by atoms with E-state index in [0.717, 1.165) is 97.8 Å². The molecule has 0 saturated carbocycles. The van der Waals surface area contributed by atoms with E-state index in [9.17, 15) is 0 Å². The monoisotopic (exact) mass is 482 g/mol. The molecule has 1 unspecified atom stereocenters. The van der Waals surface area contributed by atoms with Gasteiger partial charge in [0.1, 0.15) is 0 Å². The Morgan fingerprint density at radius 2 is 0.971 bits per heavy atom. The van der Waals surface area contributed by atoms with E-state index in [1.807, 2.05) is 0 Å². The van der Waals surface area contributed by atoms with Crippen LogP contribution < -0.4 is 0 Å². The molecule has 6 nitrogen and oxygen atoms in total. The van der Waals surface area contributed by atoms with Gasteiger partial charge in [-0.15, -0.1) is 0 Å². The van der Waals surface area contributed by atoms with Gasteiger partial charge < -0.3 is 28.4 Å². The Hall–Kier alpha value is -0.240. The maximum absolute atomic E-state index is 7.14. The van der Waals surface area contributed by atoms with Crippen molar-refractivity contribution < 1.29 is 28.4 Å². The van der Waals surface area contributed by atoms with Crippen molar-refractivity contribution in [3.05, 3.63) is 0 Å². The predicted octanol–water partition coefficient (Wildman–Crippen LogP) is 5.23. The second kappa shape index (κ2) is 10.6. The molecule has 0 bridgehead atoms. The molecule has 0 amide bonds. The van der Waals surface area contributed by atoms with E-state index in [4.69, 9.17) is 28.4 Å². The second-order valence-corrected chi connectivity index (χ2v) is 12.3. The molecule has 4 aliphatic heterocycles. The molecule has 0 aromatic rings. The first kappa shape index (κ1) is 26.8. The molecule has 0 radical (unpaired) electrons. The first-order chi connectivity index (χ1) is 16.4. The summed E-state index contributed by atoms with van der Waals surface area (Å²) in [6.07, 6.45) is 7.39. The maximum atomic E-state index is 7.14. The van der Waals surface area contributed by atoms with Crippen molar-refractivity contribution in [1.29, 1.82) is 0 Å². The van der Waals surface area contributed by atoms with E-state index in [-0.39, 0.29) is 21.7 Å². The van der Waals surface area contributed by atoms with Gasteiger partial charge in [0, 0.05) is 34.0 Å². The lowest BCUT2D eigenvalue weighted by Crippen LogP contribution is -2.59. The van der Waals surface area contributed by atoms with Gasteiger partial charge in [-0.3, -0.25) is 0 Å². The normalized spacial score (nSPS) is 27.1. The molecule has 0 spiro atoms. The van der Waals surface area contributed by atoms with Crippen LogP contribution >= 0.6 is 0 Å². The summed E-state index contributed by atoms with van der Waals surface area (Å²) < 4.78 is 37.1. The highest BCUT2D eigenvalue weighted by atomic mass is 16.7. The molecule has 6 heteroatoms. The molecule has 0 aliphatic carbocycles. The Balaban J connectivity index is 1.64. The molecule has 0 N–H and O–H groups in total. The summed E-state index contributed by atoms with van der Waals surface area (Å²) in [4.78, 5) is 0. The third-order valence-corrected chi connectivity index (χ3v) is 9.93. The molecule has 1 atom stereocenters. The number of hydrogen-bond donors (Lipinski definition) is 0. The molecule has 0 aromatic carbocycles. The topological polar surface area (TPSA) is 55.4 Å². The van der Waals surface area contributed by atoms with Crippen LogP contribution in [0.4, 0.5) is 0 Å². The van der Waals surface area contributed by atoms with Crippen LogP contribution in [-0.4, -0.2) is 71.9 Å². The Morgan fingerprint density at radius 1 is 0.588 bits per heavy atom. The Morgan fingerprint density at radius 3 is 1.24 bits per heavy atom. The first-order valence-corrected chi connectivity index (χ1v) is 13.9. The molecule has 0 aromatic heterocycles. The van der Waals surface area contributed by atoms with Crippen LogP contribution in [0.1, 0.15) is 79.6 Å². The van der Waals surface area contributed by atoms with E-state index in [1.165, 1.54) is 0 Å². The fourth-order valence-corrected chi connectivity index (χ4v) is 5.97. The van der Waals surface area contributed by atoms with E-state index in [2.05, 4.69) is 34.6 Å². The van der Waals surface area contributed by atoms with Crippen molar-refractivity contribution in [1.82, 2.24) is 0 Å². The number of rotatable bonds is 16. The molecule has 4 aliphatic rings. The zero-order valence-electron chi connectivity index (χ0n) is 22.5. The molecule has 4 heterocycles. The van der Waals surface area contributed by atoms with Crippen LogP contribution in [-0.2, 0) is 28.4 Å². The summed E-state index contributed by atoms with van der Waals surface area (Å²) in [5.41, 5.74) is 0.616. The molecule has 4 rings (SSSR count). The highest BCUT2D eigenvalue weighted by Crippen LogP contribution is 2.51. The summed E-state index contributed by atoms with van der Waals surface area (Å²) in [5, 5.41) is 0. The van der Waals surface area contributed by atoms with Gasteiger partial charge in [-0.2, -0.15) is 0 Å². The number of hydrogen-bond acceptors (Lipinski definition) is 6. The molecule has 198 valence electrons. The smallest absolute Gasteiger partial charge is 0.171 e. The van der Waals surface area contributed by atoms with Gasteiger partial charge in [0.2, 0.25) is 0 Å². The Bertz CT molecular complexity index is 599. The summed E-state index contributed by atoms with van der Waals surface area (Å²) in [7, 11) is 0. The standard InChI is InChI=1S/C28H50O6/c1-6-23(11-24(7-2)13-29-14-24)28(12-25(8-3)15-30-16-25,33-21-26(9-4)17-31-18-26)34-22-27(10-5)19-32-20-27/h23H,6-22H2,1-5H3. The highest BCUT2D eigenvalue weighted by Gasteiger charge is 2.55. The molecular weight excluding hydrogens is 432 g/mol. The average molecular weight is 483 g/mol. The minimum atomic E-state index is -0.623. The second-order valence-electron chi connectivity index (χ2n) is 12.3. The average Bonchev–Trinajstić information content (AvgIpc) is 2.75. The summed E-state index contributed by atoms with van der Waals surface area (Å²) in [6, 6.07) is 0. The maximum Gasteiger partial charge on any atom is 0.171 e. The Kier molecular flexibility index (Phi) is 8.38. The molecule has 4 fully saturated rings. The van der Waals surface area contributed by atoms with Crippen molar-refractivity contribution in [3.8, 4) is 0 Å². The summed E-state index contributed by atoms with van der Waals surface area (Å²) >= 11 is 0. The van der Waals surface area contributed by atoms with Crippen molar-refractivity contribution in [2.45, 2.75) is 85.4 Å². The fraction of sp³-hybridized carbons (Fsp3) is 1.00. The van der Waals surface area contributed by atoms with Crippen molar-refractivity contribution >= 4 is 0 Å². The molecule has 4 saturated heterocycles. The summed E-state index contributed by atoms with van der Waals surface area (Å²) in [6.45, 7) is 19.3. The number of ether oxygens (including phenoxy) is 6. The van der Waals surface area contributed by atoms with Gasteiger partial charge >= 0.3 is 0 Å². The highest BCUT2D eigenvalue weighted by molar-refractivity contribution is 4.99. The van der Waals surface area contributed by atoms with Gasteiger partial charge in [-0.05, 0) is 38.5 Å². The van der Waals surface area contributed by atoms with Gasteiger partial charge in [0.05, 0.1) is 66.1 Å². The van der Waals surface area contributed by atoms with Crippen molar-refractivity contribution in [2.24, 2.45) is 27.6 Å². The lowest BCUT2D eigenvalue weighted by atomic mass is 9.67. The third-order valence-electron chi connectivity index (χ3n) is 9.93. The molecule has 34 heavy (non-hydrogen) atoms. The quantitative estimate of drug-likeness (QED) is 0.281. The SMILES string of the molecule is CCC(CC1(CC)COC1)C(CC1(CC)COC1)(OCC1(CC)COC1)OCC1(CC)COC1. The van der Waals surface area contributed by atoms with Crippen LogP contribution in [0.3, 0.4) is 0 Å². The van der Waals surface area contributed by atoms with Crippen LogP contribution in [0.2, 0.25) is 0 Å². The summed E-state index contributed by atoms with van der Waals surface area (Å²) in [5.74, 6) is -0.313. The lowest BCUT2D eigenvalue weighted by molar-refractivity contribution is -0.339.